The summed E-state index contributed by atoms with van der Waals surface area (Å²) in [7, 11) is 0. The van der Waals surface area contributed by atoms with Crippen molar-refractivity contribution in [3.05, 3.63) is 154 Å². The van der Waals surface area contributed by atoms with Gasteiger partial charge < -0.3 is 0 Å². The third-order valence-electron chi connectivity index (χ3n) is 10.5. The van der Waals surface area contributed by atoms with E-state index in [1.807, 2.05) is 0 Å². The van der Waals surface area contributed by atoms with Gasteiger partial charge in [0.05, 0.1) is 0 Å². The van der Waals surface area contributed by atoms with Crippen molar-refractivity contribution in [2.45, 2.75) is 38.5 Å². The summed E-state index contributed by atoms with van der Waals surface area (Å²) < 4.78 is 2.05. The number of fused-ring (bicyclic) bond motifs is 8. The third kappa shape index (κ3) is 3.70. The first-order valence-corrected chi connectivity index (χ1v) is 16.5. The van der Waals surface area contributed by atoms with Gasteiger partial charge in [0.1, 0.15) is 0 Å². The maximum absolute atomic E-state index is 14.1. The predicted octanol–water partition coefficient (Wildman–Crippen LogP) is 11.4. The zero-order valence-corrected chi connectivity index (χ0v) is 26.7. The SMILES string of the molecule is CC1(C)c2ccccc2-c2ccc(-c3ccc4sc5ccc(-c6ccc7c(c6)C(C)(C)c6ccccc6-7)cc5c(=O)c4c3)cc21. The van der Waals surface area contributed by atoms with Crippen LogP contribution in [0.5, 0.6) is 0 Å². The van der Waals surface area contributed by atoms with Gasteiger partial charge >= 0.3 is 0 Å². The van der Waals surface area contributed by atoms with E-state index in [0.29, 0.717) is 0 Å². The minimum atomic E-state index is -0.0628. The van der Waals surface area contributed by atoms with Gasteiger partial charge in [-0.2, -0.15) is 0 Å². The fourth-order valence-corrected chi connectivity index (χ4v) is 9.02. The Morgan fingerprint density at radius 2 is 0.800 bits per heavy atom. The fourth-order valence-electron chi connectivity index (χ4n) is 7.98. The average Bonchev–Trinajstić information content (AvgIpc) is 3.44. The van der Waals surface area contributed by atoms with E-state index in [0.717, 1.165) is 42.4 Å². The van der Waals surface area contributed by atoms with Crippen LogP contribution in [0.3, 0.4) is 0 Å². The van der Waals surface area contributed by atoms with Gasteiger partial charge in [0.15, 0.2) is 5.43 Å². The summed E-state index contributed by atoms with van der Waals surface area (Å²) in [6.45, 7) is 9.24. The van der Waals surface area contributed by atoms with Crippen LogP contribution in [-0.4, -0.2) is 0 Å². The summed E-state index contributed by atoms with van der Waals surface area (Å²) >= 11 is 1.70. The molecule has 1 heterocycles. The van der Waals surface area contributed by atoms with Crippen molar-refractivity contribution >= 4 is 31.5 Å². The van der Waals surface area contributed by atoms with Crippen LogP contribution in [-0.2, 0) is 10.8 Å². The highest BCUT2D eigenvalue weighted by Gasteiger charge is 2.36. The molecule has 0 spiro atoms. The molecule has 0 bridgehead atoms. The molecule has 0 atom stereocenters. The largest absolute Gasteiger partial charge is 0.289 e. The zero-order valence-electron chi connectivity index (χ0n) is 25.9. The maximum atomic E-state index is 14.1. The molecule has 2 heteroatoms. The monoisotopic (exact) mass is 596 g/mol. The summed E-state index contributed by atoms with van der Waals surface area (Å²) in [5.41, 5.74) is 15.1. The summed E-state index contributed by atoms with van der Waals surface area (Å²) in [6.07, 6.45) is 0. The Bertz CT molecular complexity index is 2290. The molecule has 0 unspecified atom stereocenters. The van der Waals surface area contributed by atoms with Gasteiger partial charge in [-0.25, -0.2) is 0 Å². The summed E-state index contributed by atoms with van der Waals surface area (Å²) in [5, 5.41) is 1.58. The van der Waals surface area contributed by atoms with E-state index < -0.39 is 0 Å². The third-order valence-corrected chi connectivity index (χ3v) is 11.7. The lowest BCUT2D eigenvalue weighted by Gasteiger charge is -2.22. The highest BCUT2D eigenvalue weighted by Crippen LogP contribution is 2.51. The number of hydrogen-bond donors (Lipinski definition) is 0. The second-order valence-corrected chi connectivity index (χ2v) is 14.8. The number of rotatable bonds is 2. The molecule has 0 N–H and O–H groups in total. The van der Waals surface area contributed by atoms with Crippen LogP contribution in [0.25, 0.3) is 64.7 Å². The highest BCUT2D eigenvalue weighted by atomic mass is 32.1. The molecule has 7 aromatic rings. The lowest BCUT2D eigenvalue weighted by Crippen LogP contribution is -2.14. The van der Waals surface area contributed by atoms with Crippen molar-refractivity contribution < 1.29 is 0 Å². The minimum absolute atomic E-state index is 0.0628. The van der Waals surface area contributed by atoms with E-state index in [9.17, 15) is 4.79 Å². The normalized spacial score (nSPS) is 15.1. The molecule has 9 rings (SSSR count). The van der Waals surface area contributed by atoms with E-state index in [-0.39, 0.29) is 16.3 Å². The van der Waals surface area contributed by atoms with E-state index in [4.69, 9.17) is 0 Å². The second kappa shape index (κ2) is 9.12. The predicted molar refractivity (Wildman–Crippen MR) is 192 cm³/mol. The van der Waals surface area contributed by atoms with E-state index in [1.54, 1.807) is 11.3 Å². The van der Waals surface area contributed by atoms with Crippen LogP contribution in [0, 0.1) is 0 Å². The second-order valence-electron chi connectivity index (χ2n) is 13.7. The molecule has 0 saturated carbocycles. The Balaban J connectivity index is 1.14. The smallest absolute Gasteiger partial charge is 0.195 e. The molecule has 45 heavy (non-hydrogen) atoms. The maximum Gasteiger partial charge on any atom is 0.195 e. The van der Waals surface area contributed by atoms with Gasteiger partial charge in [0.2, 0.25) is 0 Å². The number of hydrogen-bond acceptors (Lipinski definition) is 2. The molecule has 0 amide bonds. The summed E-state index contributed by atoms with van der Waals surface area (Å²) in [4.78, 5) is 14.1. The molecular weight excluding hydrogens is 565 g/mol. The van der Waals surface area contributed by atoms with Crippen molar-refractivity contribution in [1.29, 1.82) is 0 Å². The molecule has 6 aromatic carbocycles. The van der Waals surface area contributed by atoms with Crippen molar-refractivity contribution in [3.63, 3.8) is 0 Å². The minimum Gasteiger partial charge on any atom is -0.289 e. The van der Waals surface area contributed by atoms with Gasteiger partial charge in [-0.15, -0.1) is 11.3 Å². The standard InChI is InChI=1S/C43H32OS/c1-42(2)35-11-7-5-9-29(35)31-17-13-27(23-37(31)42)25-15-19-39-33(21-25)41(44)34-22-26(16-20-40(34)45-39)28-14-18-32-30-10-6-8-12-36(30)43(3,4)38(32)24-28/h5-24H,1-4H3. The molecule has 2 aliphatic carbocycles. The van der Waals surface area contributed by atoms with E-state index in [1.165, 1.54) is 44.5 Å². The first-order valence-electron chi connectivity index (χ1n) is 15.7. The number of benzene rings is 6. The molecule has 0 saturated heterocycles. The van der Waals surface area contributed by atoms with Crippen molar-refractivity contribution in [2.75, 3.05) is 0 Å². The molecule has 0 fully saturated rings. The van der Waals surface area contributed by atoms with Crippen molar-refractivity contribution in [1.82, 2.24) is 0 Å². The molecule has 2 aliphatic rings. The van der Waals surface area contributed by atoms with Gasteiger partial charge in [0, 0.05) is 31.0 Å². The molecule has 0 aliphatic heterocycles. The van der Waals surface area contributed by atoms with Crippen LogP contribution in [0.2, 0.25) is 0 Å². The van der Waals surface area contributed by atoms with Crippen LogP contribution in [0.4, 0.5) is 0 Å². The first-order chi connectivity index (χ1) is 21.7. The van der Waals surface area contributed by atoms with Crippen LogP contribution < -0.4 is 5.43 Å². The highest BCUT2D eigenvalue weighted by molar-refractivity contribution is 7.24. The molecular formula is C43H32OS. The Kier molecular flexibility index (Phi) is 5.39. The summed E-state index contributed by atoms with van der Waals surface area (Å²) in [5.74, 6) is 0. The Morgan fingerprint density at radius 1 is 0.422 bits per heavy atom. The molecule has 1 aromatic heterocycles. The lowest BCUT2D eigenvalue weighted by atomic mass is 9.81. The van der Waals surface area contributed by atoms with E-state index >= 15 is 0 Å². The zero-order chi connectivity index (χ0) is 30.7. The van der Waals surface area contributed by atoms with Crippen molar-refractivity contribution in [3.8, 4) is 44.5 Å². The van der Waals surface area contributed by atoms with Crippen LogP contribution in [0.1, 0.15) is 49.9 Å². The van der Waals surface area contributed by atoms with Gasteiger partial charge in [-0.05, 0) is 103 Å². The average molecular weight is 597 g/mol. The van der Waals surface area contributed by atoms with Gasteiger partial charge in [-0.3, -0.25) is 4.79 Å². The van der Waals surface area contributed by atoms with E-state index in [2.05, 4.69) is 149 Å². The summed E-state index contributed by atoms with van der Waals surface area (Å²) in [6, 6.07) is 43.8. The van der Waals surface area contributed by atoms with Crippen LogP contribution >= 0.6 is 11.3 Å². The lowest BCUT2D eigenvalue weighted by molar-refractivity contribution is 0.660. The van der Waals surface area contributed by atoms with Crippen molar-refractivity contribution in [2.24, 2.45) is 0 Å². The molecule has 1 nitrogen and oxygen atoms in total. The van der Waals surface area contributed by atoms with Crippen LogP contribution in [0.15, 0.2) is 126 Å². The first kappa shape index (κ1) is 26.6. The van der Waals surface area contributed by atoms with Gasteiger partial charge in [0.25, 0.3) is 0 Å². The Hall–Kier alpha value is -4.79. The topological polar surface area (TPSA) is 17.1 Å². The Labute approximate surface area is 267 Å². The Morgan fingerprint density at radius 3 is 1.27 bits per heavy atom. The van der Waals surface area contributed by atoms with Gasteiger partial charge in [-0.1, -0.05) is 113 Å². The quantitative estimate of drug-likeness (QED) is 0.181. The molecule has 0 radical (unpaired) electrons. The molecule has 216 valence electrons. The fraction of sp³-hybridized carbons (Fsp3) is 0.140.